The van der Waals surface area contributed by atoms with E-state index in [9.17, 15) is 4.79 Å². The van der Waals surface area contributed by atoms with E-state index in [1.807, 2.05) is 54.6 Å². The Hall–Kier alpha value is -2.63. The van der Waals surface area contributed by atoms with Crippen molar-refractivity contribution in [2.45, 2.75) is 5.92 Å². The van der Waals surface area contributed by atoms with Crippen LogP contribution in [0.2, 0.25) is 5.02 Å². The number of thiazole rings is 1. The van der Waals surface area contributed by atoms with Crippen molar-refractivity contribution in [3.63, 3.8) is 0 Å². The van der Waals surface area contributed by atoms with E-state index in [4.69, 9.17) is 21.1 Å². The average Bonchev–Trinajstić information content (AvgIpc) is 3.04. The molecule has 0 amide bonds. The highest BCUT2D eigenvalue weighted by molar-refractivity contribution is 7.15. The van der Waals surface area contributed by atoms with E-state index >= 15 is 0 Å². The smallest absolute Gasteiger partial charge is 0.334 e. The number of halogens is 1. The Balaban J connectivity index is 1.90. The summed E-state index contributed by atoms with van der Waals surface area (Å²) in [5.74, 6) is -0.261. The summed E-state index contributed by atoms with van der Waals surface area (Å²) in [5, 5.41) is 1.42. The Morgan fingerprint density at radius 3 is 2.67 bits per heavy atom. The van der Waals surface area contributed by atoms with Gasteiger partial charge in [-0.15, -0.1) is 11.3 Å². The molecule has 0 aliphatic carbocycles. The monoisotopic (exact) mass is 397 g/mol. The van der Waals surface area contributed by atoms with Gasteiger partial charge in [0, 0.05) is 16.2 Å². The van der Waals surface area contributed by atoms with Gasteiger partial charge in [-0.25, -0.2) is 9.78 Å². The number of nitrogens with zero attached hydrogens (tertiary/aromatic N) is 1. The SMILES string of the molecule is COC(=O)C1=CCOc2nc(-c3ccccc3)sc2C1c1ccccc1Cl. The minimum atomic E-state index is -0.397. The molecule has 27 heavy (non-hydrogen) atoms. The van der Waals surface area contributed by atoms with Gasteiger partial charge in [0.2, 0.25) is 5.88 Å². The molecule has 1 unspecified atom stereocenters. The van der Waals surface area contributed by atoms with Crippen molar-refractivity contribution in [3.05, 3.63) is 81.7 Å². The Bertz CT molecular complexity index is 1010. The number of rotatable bonds is 3. The van der Waals surface area contributed by atoms with Crippen molar-refractivity contribution in [3.8, 4) is 16.5 Å². The van der Waals surface area contributed by atoms with Crippen LogP contribution in [0.4, 0.5) is 0 Å². The summed E-state index contributed by atoms with van der Waals surface area (Å²) in [6.07, 6.45) is 1.75. The van der Waals surface area contributed by atoms with Crippen molar-refractivity contribution >= 4 is 28.9 Å². The van der Waals surface area contributed by atoms with Gasteiger partial charge in [-0.3, -0.25) is 0 Å². The van der Waals surface area contributed by atoms with Crippen LogP contribution >= 0.6 is 22.9 Å². The van der Waals surface area contributed by atoms with Crippen LogP contribution in [0.5, 0.6) is 5.88 Å². The Morgan fingerprint density at radius 1 is 1.19 bits per heavy atom. The maximum Gasteiger partial charge on any atom is 0.334 e. The van der Waals surface area contributed by atoms with Crippen molar-refractivity contribution in [2.75, 3.05) is 13.7 Å². The van der Waals surface area contributed by atoms with Crippen LogP contribution < -0.4 is 4.74 Å². The van der Waals surface area contributed by atoms with Gasteiger partial charge in [-0.1, -0.05) is 60.1 Å². The zero-order chi connectivity index (χ0) is 18.8. The minimum Gasteiger partial charge on any atom is -0.473 e. The number of methoxy groups -OCH3 is 1. The normalized spacial score (nSPS) is 15.9. The highest BCUT2D eigenvalue weighted by atomic mass is 35.5. The summed E-state index contributed by atoms with van der Waals surface area (Å²) in [4.78, 5) is 18.0. The van der Waals surface area contributed by atoms with E-state index in [0.29, 0.717) is 16.5 Å². The number of fused-ring (bicyclic) bond motifs is 1. The maximum absolute atomic E-state index is 12.5. The third-order valence-corrected chi connectivity index (χ3v) is 5.87. The van der Waals surface area contributed by atoms with Crippen LogP contribution in [0.3, 0.4) is 0 Å². The fourth-order valence-electron chi connectivity index (χ4n) is 3.11. The maximum atomic E-state index is 12.5. The van der Waals surface area contributed by atoms with Gasteiger partial charge >= 0.3 is 5.97 Å². The van der Waals surface area contributed by atoms with Crippen LogP contribution in [-0.4, -0.2) is 24.7 Å². The van der Waals surface area contributed by atoms with Crippen LogP contribution in [0.25, 0.3) is 10.6 Å². The molecule has 0 N–H and O–H groups in total. The quantitative estimate of drug-likeness (QED) is 0.578. The van der Waals surface area contributed by atoms with E-state index in [0.717, 1.165) is 21.0 Å². The van der Waals surface area contributed by atoms with Gasteiger partial charge in [0.15, 0.2) is 0 Å². The van der Waals surface area contributed by atoms with Crippen molar-refractivity contribution in [1.29, 1.82) is 0 Å². The highest BCUT2D eigenvalue weighted by Gasteiger charge is 2.34. The molecule has 0 fully saturated rings. The van der Waals surface area contributed by atoms with E-state index in [1.54, 1.807) is 6.08 Å². The van der Waals surface area contributed by atoms with Gasteiger partial charge in [0.1, 0.15) is 11.6 Å². The zero-order valence-electron chi connectivity index (χ0n) is 14.5. The number of ether oxygens (including phenoxy) is 2. The molecular formula is C21H16ClNO3S. The molecule has 3 aromatic rings. The molecule has 0 spiro atoms. The fourth-order valence-corrected chi connectivity index (χ4v) is 4.51. The number of aromatic nitrogens is 1. The number of carbonyl (C=O) groups is 1. The van der Waals surface area contributed by atoms with E-state index in [1.165, 1.54) is 18.4 Å². The molecular weight excluding hydrogens is 382 g/mol. The van der Waals surface area contributed by atoms with E-state index < -0.39 is 11.9 Å². The molecule has 136 valence electrons. The molecule has 1 atom stereocenters. The first-order chi connectivity index (χ1) is 13.2. The van der Waals surface area contributed by atoms with Gasteiger partial charge in [-0.2, -0.15) is 0 Å². The average molecular weight is 398 g/mol. The zero-order valence-corrected chi connectivity index (χ0v) is 16.1. The lowest BCUT2D eigenvalue weighted by Gasteiger charge is -2.18. The summed E-state index contributed by atoms with van der Waals surface area (Å²) in [7, 11) is 1.38. The lowest BCUT2D eigenvalue weighted by Crippen LogP contribution is -2.14. The van der Waals surface area contributed by atoms with Crippen molar-refractivity contribution in [2.24, 2.45) is 0 Å². The van der Waals surface area contributed by atoms with Crippen molar-refractivity contribution in [1.82, 2.24) is 4.98 Å². The second kappa shape index (κ2) is 7.55. The van der Waals surface area contributed by atoms with Crippen molar-refractivity contribution < 1.29 is 14.3 Å². The number of esters is 1. The number of carbonyl (C=O) groups excluding carboxylic acids is 1. The van der Waals surface area contributed by atoms with Gasteiger partial charge < -0.3 is 9.47 Å². The first-order valence-corrected chi connectivity index (χ1v) is 9.60. The third kappa shape index (κ3) is 3.36. The summed E-state index contributed by atoms with van der Waals surface area (Å²) in [5.41, 5.74) is 2.33. The largest absolute Gasteiger partial charge is 0.473 e. The van der Waals surface area contributed by atoms with Gasteiger partial charge in [0.25, 0.3) is 0 Å². The van der Waals surface area contributed by atoms with E-state index in [2.05, 4.69) is 4.98 Å². The molecule has 4 nitrogen and oxygen atoms in total. The van der Waals surface area contributed by atoms with E-state index in [-0.39, 0.29) is 6.61 Å². The summed E-state index contributed by atoms with van der Waals surface area (Å²) >= 11 is 7.98. The minimum absolute atomic E-state index is 0.246. The number of benzene rings is 2. The number of hydrogen-bond acceptors (Lipinski definition) is 5. The Kier molecular flexibility index (Phi) is 4.97. The molecule has 0 saturated carbocycles. The summed E-state index contributed by atoms with van der Waals surface area (Å²) in [6.45, 7) is 0.246. The molecule has 0 bridgehead atoms. The van der Waals surface area contributed by atoms with Crippen LogP contribution in [0.1, 0.15) is 16.4 Å². The molecule has 4 rings (SSSR count). The molecule has 6 heteroatoms. The topological polar surface area (TPSA) is 48.4 Å². The third-order valence-electron chi connectivity index (χ3n) is 4.38. The molecule has 2 aromatic carbocycles. The summed E-state index contributed by atoms with van der Waals surface area (Å²) < 4.78 is 10.9. The van der Waals surface area contributed by atoms with Crippen LogP contribution in [0, 0.1) is 0 Å². The first kappa shape index (κ1) is 17.8. The first-order valence-electron chi connectivity index (χ1n) is 8.40. The molecule has 1 aliphatic heterocycles. The van der Waals surface area contributed by atoms with Gasteiger partial charge in [-0.05, 0) is 17.7 Å². The standard InChI is InChI=1S/C21H16ClNO3S/c1-25-21(24)15-11-12-26-19-18(17(15)14-9-5-6-10-16(14)22)27-20(23-19)13-7-3-2-4-8-13/h2-11,17H,12H2,1H3. The molecule has 0 saturated heterocycles. The Morgan fingerprint density at radius 2 is 1.93 bits per heavy atom. The lowest BCUT2D eigenvalue weighted by molar-refractivity contribution is -0.136. The predicted octanol–water partition coefficient (Wildman–Crippen LogP) is 5.09. The molecule has 1 aromatic heterocycles. The van der Waals surface area contributed by atoms with Crippen LogP contribution in [0.15, 0.2) is 66.2 Å². The summed E-state index contributed by atoms with van der Waals surface area (Å²) in [6, 6.07) is 17.4. The van der Waals surface area contributed by atoms with Crippen LogP contribution in [-0.2, 0) is 9.53 Å². The van der Waals surface area contributed by atoms with Gasteiger partial charge in [0.05, 0.1) is 17.9 Å². The number of hydrogen-bond donors (Lipinski definition) is 0. The second-order valence-electron chi connectivity index (χ2n) is 5.97. The Labute approximate surface area is 166 Å². The molecule has 1 aliphatic rings. The fraction of sp³-hybridized carbons (Fsp3) is 0.143. The molecule has 0 radical (unpaired) electrons. The second-order valence-corrected chi connectivity index (χ2v) is 7.41. The predicted molar refractivity (Wildman–Crippen MR) is 106 cm³/mol. The molecule has 2 heterocycles. The highest BCUT2D eigenvalue weighted by Crippen LogP contribution is 2.46. The lowest BCUT2D eigenvalue weighted by atomic mass is 9.89.